The van der Waals surface area contributed by atoms with Crippen LogP contribution >= 0.6 is 0 Å². The summed E-state index contributed by atoms with van der Waals surface area (Å²) in [5.74, 6) is 0.585. The van der Waals surface area contributed by atoms with Gasteiger partial charge in [-0.1, -0.05) is 6.92 Å². The number of likely N-dealkylation sites (N-methyl/N-ethyl adjacent to an activating group) is 1. The van der Waals surface area contributed by atoms with E-state index >= 15 is 0 Å². The Morgan fingerprint density at radius 1 is 1.60 bits per heavy atom. The SMILES string of the molecule is CCC(C)N(C)C(C)(CN)C1CCOC1. The van der Waals surface area contributed by atoms with Crippen molar-refractivity contribution < 1.29 is 4.74 Å². The lowest BCUT2D eigenvalue weighted by molar-refractivity contribution is 0.0375. The largest absolute Gasteiger partial charge is 0.381 e. The van der Waals surface area contributed by atoms with Crippen molar-refractivity contribution in [1.29, 1.82) is 0 Å². The Kier molecular flexibility index (Phi) is 4.56. The van der Waals surface area contributed by atoms with E-state index in [1.54, 1.807) is 0 Å². The van der Waals surface area contributed by atoms with E-state index in [-0.39, 0.29) is 5.54 Å². The molecule has 0 aliphatic carbocycles. The molecule has 1 fully saturated rings. The third-order valence-corrected chi connectivity index (χ3v) is 4.28. The first-order valence-corrected chi connectivity index (χ1v) is 6.07. The Labute approximate surface area is 94.0 Å². The van der Waals surface area contributed by atoms with Crippen molar-refractivity contribution in [3.05, 3.63) is 0 Å². The lowest BCUT2D eigenvalue weighted by atomic mass is 9.82. The van der Waals surface area contributed by atoms with E-state index in [1.807, 2.05) is 0 Å². The average molecular weight is 214 g/mol. The van der Waals surface area contributed by atoms with Crippen molar-refractivity contribution in [2.75, 3.05) is 26.8 Å². The molecule has 0 spiro atoms. The van der Waals surface area contributed by atoms with Gasteiger partial charge in [-0.05, 0) is 33.7 Å². The number of ether oxygens (including phenoxy) is 1. The number of nitrogens with two attached hydrogens (primary N) is 1. The Balaban J connectivity index is 2.73. The van der Waals surface area contributed by atoms with E-state index < -0.39 is 0 Å². The quantitative estimate of drug-likeness (QED) is 0.753. The van der Waals surface area contributed by atoms with Crippen LogP contribution in [0.5, 0.6) is 0 Å². The van der Waals surface area contributed by atoms with E-state index in [9.17, 15) is 0 Å². The summed E-state index contributed by atoms with van der Waals surface area (Å²) in [6, 6.07) is 0.583. The molecular weight excluding hydrogens is 188 g/mol. The molecule has 1 aliphatic rings. The monoisotopic (exact) mass is 214 g/mol. The minimum absolute atomic E-state index is 0.0892. The van der Waals surface area contributed by atoms with Crippen LogP contribution in [0.1, 0.15) is 33.6 Å². The maximum atomic E-state index is 5.98. The number of hydrogen-bond acceptors (Lipinski definition) is 3. The standard InChI is InChI=1S/C12H26N2O/c1-5-10(2)14(4)12(3,9-13)11-6-7-15-8-11/h10-11H,5-9,13H2,1-4H3. The van der Waals surface area contributed by atoms with Crippen LogP contribution in [0.4, 0.5) is 0 Å². The molecular formula is C12H26N2O. The number of hydrogen-bond donors (Lipinski definition) is 1. The summed E-state index contributed by atoms with van der Waals surface area (Å²) in [7, 11) is 2.19. The number of nitrogens with zero attached hydrogens (tertiary/aromatic N) is 1. The van der Waals surface area contributed by atoms with Crippen LogP contribution in [0, 0.1) is 5.92 Å². The van der Waals surface area contributed by atoms with E-state index in [0.29, 0.717) is 18.5 Å². The minimum Gasteiger partial charge on any atom is -0.381 e. The van der Waals surface area contributed by atoms with Gasteiger partial charge in [0.1, 0.15) is 0 Å². The van der Waals surface area contributed by atoms with E-state index in [0.717, 1.165) is 19.6 Å². The average Bonchev–Trinajstić information content (AvgIpc) is 2.79. The van der Waals surface area contributed by atoms with Gasteiger partial charge in [-0.15, -0.1) is 0 Å². The van der Waals surface area contributed by atoms with Gasteiger partial charge >= 0.3 is 0 Å². The molecule has 0 amide bonds. The van der Waals surface area contributed by atoms with Gasteiger partial charge < -0.3 is 10.5 Å². The molecule has 0 saturated carbocycles. The summed E-state index contributed by atoms with van der Waals surface area (Å²) >= 11 is 0. The molecule has 3 nitrogen and oxygen atoms in total. The van der Waals surface area contributed by atoms with Crippen molar-refractivity contribution in [1.82, 2.24) is 4.90 Å². The van der Waals surface area contributed by atoms with Crippen LogP contribution in [0.25, 0.3) is 0 Å². The van der Waals surface area contributed by atoms with Gasteiger partial charge in [-0.2, -0.15) is 0 Å². The number of rotatable bonds is 5. The minimum atomic E-state index is 0.0892. The highest BCUT2D eigenvalue weighted by Gasteiger charge is 2.40. The Bertz CT molecular complexity index is 192. The molecule has 0 bridgehead atoms. The first-order chi connectivity index (χ1) is 7.06. The van der Waals surface area contributed by atoms with Gasteiger partial charge in [0.2, 0.25) is 0 Å². The normalized spacial score (nSPS) is 28.0. The van der Waals surface area contributed by atoms with Crippen LogP contribution in [0.2, 0.25) is 0 Å². The zero-order chi connectivity index (χ0) is 11.5. The molecule has 1 saturated heterocycles. The van der Waals surface area contributed by atoms with Gasteiger partial charge in [0.15, 0.2) is 0 Å². The lowest BCUT2D eigenvalue weighted by Gasteiger charge is -2.45. The van der Waals surface area contributed by atoms with E-state index in [1.165, 1.54) is 6.42 Å². The van der Waals surface area contributed by atoms with Gasteiger partial charge in [-0.3, -0.25) is 4.90 Å². The molecule has 1 aliphatic heterocycles. The molecule has 90 valence electrons. The molecule has 0 aromatic rings. The molecule has 2 N–H and O–H groups in total. The van der Waals surface area contributed by atoms with Crippen LogP contribution in [-0.2, 0) is 4.74 Å². The highest BCUT2D eigenvalue weighted by molar-refractivity contribution is 4.95. The van der Waals surface area contributed by atoms with Gasteiger partial charge in [0.05, 0.1) is 6.61 Å². The fourth-order valence-corrected chi connectivity index (χ4v) is 2.40. The second kappa shape index (κ2) is 5.28. The topological polar surface area (TPSA) is 38.5 Å². The van der Waals surface area contributed by atoms with Crippen LogP contribution in [0.15, 0.2) is 0 Å². The predicted molar refractivity (Wildman–Crippen MR) is 63.9 cm³/mol. The Morgan fingerprint density at radius 3 is 2.67 bits per heavy atom. The van der Waals surface area contributed by atoms with Crippen molar-refractivity contribution in [2.24, 2.45) is 11.7 Å². The molecule has 1 heterocycles. The molecule has 3 heteroatoms. The van der Waals surface area contributed by atoms with Crippen molar-refractivity contribution >= 4 is 0 Å². The van der Waals surface area contributed by atoms with Gasteiger partial charge in [0, 0.05) is 30.7 Å². The first kappa shape index (κ1) is 12.9. The summed E-state index contributed by atoms with van der Waals surface area (Å²) in [4.78, 5) is 2.44. The van der Waals surface area contributed by atoms with Crippen LogP contribution < -0.4 is 5.73 Å². The summed E-state index contributed by atoms with van der Waals surface area (Å²) in [5.41, 5.74) is 6.07. The van der Waals surface area contributed by atoms with Crippen LogP contribution in [-0.4, -0.2) is 43.3 Å². The highest BCUT2D eigenvalue weighted by atomic mass is 16.5. The van der Waals surface area contributed by atoms with Gasteiger partial charge in [0.25, 0.3) is 0 Å². The van der Waals surface area contributed by atoms with Gasteiger partial charge in [-0.25, -0.2) is 0 Å². The summed E-state index contributed by atoms with van der Waals surface area (Å²) in [6.45, 7) is 9.25. The molecule has 3 unspecified atom stereocenters. The Morgan fingerprint density at radius 2 is 2.27 bits per heavy atom. The molecule has 0 aromatic carbocycles. The second-order valence-corrected chi connectivity index (χ2v) is 4.99. The maximum Gasteiger partial charge on any atom is 0.0513 e. The second-order valence-electron chi connectivity index (χ2n) is 4.99. The fourth-order valence-electron chi connectivity index (χ4n) is 2.40. The molecule has 1 rings (SSSR count). The molecule has 15 heavy (non-hydrogen) atoms. The smallest absolute Gasteiger partial charge is 0.0513 e. The van der Waals surface area contributed by atoms with E-state index in [2.05, 4.69) is 32.7 Å². The Hall–Kier alpha value is -0.120. The third kappa shape index (κ3) is 2.52. The zero-order valence-electron chi connectivity index (χ0n) is 10.6. The summed E-state index contributed by atoms with van der Waals surface area (Å²) < 4.78 is 5.49. The summed E-state index contributed by atoms with van der Waals surface area (Å²) in [5, 5.41) is 0. The van der Waals surface area contributed by atoms with Crippen molar-refractivity contribution in [3.63, 3.8) is 0 Å². The molecule has 0 radical (unpaired) electrons. The fraction of sp³-hybridized carbons (Fsp3) is 1.00. The first-order valence-electron chi connectivity index (χ1n) is 6.07. The molecule has 0 aromatic heterocycles. The lowest BCUT2D eigenvalue weighted by Crippen LogP contribution is -2.57. The summed E-state index contributed by atoms with van der Waals surface area (Å²) in [6.07, 6.45) is 2.31. The predicted octanol–water partition coefficient (Wildman–Crippen LogP) is 1.47. The van der Waals surface area contributed by atoms with Crippen molar-refractivity contribution in [3.8, 4) is 0 Å². The van der Waals surface area contributed by atoms with E-state index in [4.69, 9.17) is 10.5 Å². The zero-order valence-corrected chi connectivity index (χ0v) is 10.6. The third-order valence-electron chi connectivity index (χ3n) is 4.28. The highest BCUT2D eigenvalue weighted by Crippen LogP contribution is 2.31. The molecule has 3 atom stereocenters. The van der Waals surface area contributed by atoms with Crippen molar-refractivity contribution in [2.45, 2.75) is 45.2 Å². The maximum absolute atomic E-state index is 5.98. The van der Waals surface area contributed by atoms with Crippen LogP contribution in [0.3, 0.4) is 0 Å².